The van der Waals surface area contributed by atoms with Crippen molar-refractivity contribution < 1.29 is 14.3 Å². The summed E-state index contributed by atoms with van der Waals surface area (Å²) in [7, 11) is 1.68. The monoisotopic (exact) mass is 422 g/mol. The molecule has 2 fully saturated rings. The van der Waals surface area contributed by atoms with E-state index in [-0.39, 0.29) is 5.91 Å². The molecule has 1 atom stereocenters. The lowest BCUT2D eigenvalue weighted by molar-refractivity contribution is 0.0708. The van der Waals surface area contributed by atoms with Crippen LogP contribution in [0.2, 0.25) is 0 Å². The van der Waals surface area contributed by atoms with E-state index in [4.69, 9.17) is 9.47 Å². The smallest absolute Gasteiger partial charge is 0.254 e. The Bertz CT molecular complexity index is 829. The van der Waals surface area contributed by atoms with Crippen molar-refractivity contribution in [3.8, 4) is 11.5 Å². The first-order chi connectivity index (χ1) is 15.2. The van der Waals surface area contributed by atoms with Crippen LogP contribution in [0.3, 0.4) is 0 Å². The fraction of sp³-hybridized carbons (Fsp3) is 0.500. The maximum absolute atomic E-state index is 13.1. The van der Waals surface area contributed by atoms with Crippen molar-refractivity contribution in [2.45, 2.75) is 44.6 Å². The quantitative estimate of drug-likeness (QED) is 0.562. The fourth-order valence-corrected chi connectivity index (χ4v) is 4.67. The third-order valence-electron chi connectivity index (χ3n) is 6.44. The maximum Gasteiger partial charge on any atom is 0.254 e. The summed E-state index contributed by atoms with van der Waals surface area (Å²) in [6.45, 7) is 4.93. The maximum atomic E-state index is 13.1. The molecule has 1 amide bonds. The van der Waals surface area contributed by atoms with Crippen LogP contribution < -0.4 is 9.47 Å². The predicted octanol–water partition coefficient (Wildman–Crippen LogP) is 4.41. The summed E-state index contributed by atoms with van der Waals surface area (Å²) in [4.78, 5) is 17.7. The van der Waals surface area contributed by atoms with Crippen LogP contribution in [0.1, 0.15) is 48.0 Å². The highest BCUT2D eigenvalue weighted by Gasteiger charge is 2.31. The number of aryl methyl sites for hydroxylation is 1. The van der Waals surface area contributed by atoms with Crippen molar-refractivity contribution in [3.05, 3.63) is 59.7 Å². The summed E-state index contributed by atoms with van der Waals surface area (Å²) in [5.41, 5.74) is 2.04. The highest BCUT2D eigenvalue weighted by atomic mass is 16.5. The molecule has 2 aromatic carbocycles. The molecule has 2 saturated heterocycles. The number of hydrogen-bond donors (Lipinski definition) is 0. The summed E-state index contributed by atoms with van der Waals surface area (Å²) in [6.07, 6.45) is 6.73. The van der Waals surface area contributed by atoms with Crippen LogP contribution in [0, 0.1) is 0 Å². The third-order valence-corrected chi connectivity index (χ3v) is 6.44. The molecule has 0 saturated carbocycles. The highest BCUT2D eigenvalue weighted by Crippen LogP contribution is 2.23. The fourth-order valence-electron chi connectivity index (χ4n) is 4.67. The van der Waals surface area contributed by atoms with Gasteiger partial charge in [-0.15, -0.1) is 0 Å². The largest absolute Gasteiger partial charge is 0.497 e. The third kappa shape index (κ3) is 5.79. The number of likely N-dealkylation sites (tertiary alicyclic amines) is 2. The minimum Gasteiger partial charge on any atom is -0.497 e. The number of carbonyl (C=O) groups is 1. The molecule has 0 N–H and O–H groups in total. The van der Waals surface area contributed by atoms with Gasteiger partial charge in [-0.25, -0.2) is 0 Å². The zero-order valence-corrected chi connectivity index (χ0v) is 18.6. The summed E-state index contributed by atoms with van der Waals surface area (Å²) in [5.74, 6) is 1.86. The molecule has 1 unspecified atom stereocenters. The first kappa shape index (κ1) is 21.7. The molecule has 2 aliphatic rings. The molecular formula is C26H34N2O3. The molecule has 2 aromatic rings. The molecule has 0 radical (unpaired) electrons. The Labute approximate surface area is 185 Å². The molecule has 4 rings (SSSR count). The van der Waals surface area contributed by atoms with Crippen LogP contribution in [-0.4, -0.2) is 61.6 Å². The number of amides is 1. The van der Waals surface area contributed by atoms with Crippen LogP contribution in [0.5, 0.6) is 11.5 Å². The number of ether oxygens (including phenoxy) is 2. The van der Waals surface area contributed by atoms with Gasteiger partial charge in [0.05, 0.1) is 13.7 Å². The van der Waals surface area contributed by atoms with Crippen molar-refractivity contribution in [2.75, 3.05) is 39.9 Å². The van der Waals surface area contributed by atoms with Crippen molar-refractivity contribution in [3.63, 3.8) is 0 Å². The van der Waals surface area contributed by atoms with E-state index in [0.29, 0.717) is 12.6 Å². The molecule has 0 bridgehead atoms. The average Bonchev–Trinajstić information content (AvgIpc) is 3.50. The average molecular weight is 423 g/mol. The zero-order valence-electron chi connectivity index (χ0n) is 18.6. The van der Waals surface area contributed by atoms with Crippen molar-refractivity contribution in [2.24, 2.45) is 0 Å². The predicted molar refractivity (Wildman–Crippen MR) is 123 cm³/mol. The van der Waals surface area contributed by atoms with E-state index >= 15 is 0 Å². The Kier molecular flexibility index (Phi) is 7.47. The van der Waals surface area contributed by atoms with Crippen LogP contribution in [0.15, 0.2) is 48.5 Å². The van der Waals surface area contributed by atoms with Crippen molar-refractivity contribution >= 4 is 5.91 Å². The van der Waals surface area contributed by atoms with Crippen LogP contribution in [0.4, 0.5) is 0 Å². The van der Waals surface area contributed by atoms with E-state index < -0.39 is 0 Å². The molecule has 2 aliphatic heterocycles. The Morgan fingerprint density at radius 2 is 1.65 bits per heavy atom. The number of hydrogen-bond acceptors (Lipinski definition) is 4. The molecule has 2 heterocycles. The summed E-state index contributed by atoms with van der Waals surface area (Å²) in [5, 5.41) is 0. The standard InChI is InChI=1S/C26H34N2O3/c1-30-24-12-8-21(9-13-24)6-5-19-31-25-14-10-22(11-15-25)26(29)28-18-4-7-23(28)20-27-16-2-3-17-27/h8-15,23H,2-7,16-20H2,1H3. The Hall–Kier alpha value is -2.53. The lowest BCUT2D eigenvalue weighted by atomic mass is 10.1. The first-order valence-corrected chi connectivity index (χ1v) is 11.6. The van der Waals surface area contributed by atoms with Gasteiger partial charge in [-0.05, 0) is 93.6 Å². The second kappa shape index (κ2) is 10.7. The van der Waals surface area contributed by atoms with Gasteiger partial charge in [-0.3, -0.25) is 4.79 Å². The zero-order chi connectivity index (χ0) is 21.5. The summed E-state index contributed by atoms with van der Waals surface area (Å²) < 4.78 is 11.1. The van der Waals surface area contributed by atoms with E-state index in [1.54, 1.807) is 7.11 Å². The molecule has 0 aromatic heterocycles. The SMILES string of the molecule is COc1ccc(CCCOc2ccc(C(=O)N3CCCC3CN3CCCC3)cc2)cc1. The Morgan fingerprint density at radius 1 is 0.935 bits per heavy atom. The normalized spacial score (nSPS) is 19.0. The second-order valence-corrected chi connectivity index (χ2v) is 8.63. The van der Waals surface area contributed by atoms with Gasteiger partial charge in [0, 0.05) is 24.7 Å². The van der Waals surface area contributed by atoms with Gasteiger partial charge in [0.2, 0.25) is 0 Å². The van der Waals surface area contributed by atoms with Gasteiger partial charge in [0.25, 0.3) is 5.91 Å². The van der Waals surface area contributed by atoms with Gasteiger partial charge in [-0.2, -0.15) is 0 Å². The minimum absolute atomic E-state index is 0.160. The second-order valence-electron chi connectivity index (χ2n) is 8.63. The highest BCUT2D eigenvalue weighted by molar-refractivity contribution is 5.94. The van der Waals surface area contributed by atoms with E-state index in [1.807, 2.05) is 36.4 Å². The minimum atomic E-state index is 0.160. The van der Waals surface area contributed by atoms with Crippen molar-refractivity contribution in [1.29, 1.82) is 0 Å². The van der Waals surface area contributed by atoms with E-state index in [1.165, 1.54) is 31.5 Å². The summed E-state index contributed by atoms with van der Waals surface area (Å²) >= 11 is 0. The molecule has 166 valence electrons. The van der Waals surface area contributed by atoms with Crippen LogP contribution in [0.25, 0.3) is 0 Å². The first-order valence-electron chi connectivity index (χ1n) is 11.6. The van der Waals surface area contributed by atoms with Crippen molar-refractivity contribution in [1.82, 2.24) is 9.80 Å². The number of carbonyl (C=O) groups excluding carboxylic acids is 1. The molecule has 5 heteroatoms. The number of rotatable bonds is 9. The van der Waals surface area contributed by atoms with Gasteiger partial charge >= 0.3 is 0 Å². The Morgan fingerprint density at radius 3 is 2.35 bits per heavy atom. The molecule has 5 nitrogen and oxygen atoms in total. The lowest BCUT2D eigenvalue weighted by Gasteiger charge is -2.28. The van der Waals surface area contributed by atoms with E-state index in [9.17, 15) is 4.79 Å². The Balaban J connectivity index is 1.23. The van der Waals surface area contributed by atoms with Gasteiger partial charge in [0.15, 0.2) is 0 Å². The van der Waals surface area contributed by atoms with Gasteiger partial charge < -0.3 is 19.3 Å². The van der Waals surface area contributed by atoms with Gasteiger partial charge in [0.1, 0.15) is 11.5 Å². The molecule has 0 aliphatic carbocycles. The van der Waals surface area contributed by atoms with Gasteiger partial charge in [-0.1, -0.05) is 12.1 Å². The lowest BCUT2D eigenvalue weighted by Crippen LogP contribution is -2.42. The number of benzene rings is 2. The summed E-state index contributed by atoms with van der Waals surface area (Å²) in [6, 6.07) is 16.2. The number of methoxy groups -OCH3 is 1. The topological polar surface area (TPSA) is 42.0 Å². The number of nitrogens with zero attached hydrogens (tertiary/aromatic N) is 2. The molecule has 31 heavy (non-hydrogen) atoms. The van der Waals surface area contributed by atoms with E-state index in [2.05, 4.69) is 21.9 Å². The molecule has 0 spiro atoms. The van der Waals surface area contributed by atoms with E-state index in [0.717, 1.165) is 55.8 Å². The van der Waals surface area contributed by atoms with Crippen LogP contribution >= 0.6 is 0 Å². The van der Waals surface area contributed by atoms with Crippen LogP contribution in [-0.2, 0) is 6.42 Å². The molecular weight excluding hydrogens is 388 g/mol.